The maximum atomic E-state index is 12.1. The van der Waals surface area contributed by atoms with E-state index in [0.717, 1.165) is 24.1 Å². The van der Waals surface area contributed by atoms with Crippen molar-refractivity contribution in [3.8, 4) is 0 Å². The van der Waals surface area contributed by atoms with Crippen molar-refractivity contribution in [2.75, 3.05) is 13.2 Å². The van der Waals surface area contributed by atoms with Gasteiger partial charge in [0.25, 0.3) is 5.91 Å². The molecule has 1 aliphatic rings. The minimum Gasteiger partial charge on any atom is -0.396 e. The molecule has 0 saturated heterocycles. The van der Waals surface area contributed by atoms with Gasteiger partial charge in [-0.05, 0) is 49.7 Å². The SMILES string of the molecule is CCc1sc(C(=O)NCC2CCCC2CO)cc1C. The summed E-state index contributed by atoms with van der Waals surface area (Å²) < 4.78 is 0. The molecule has 2 unspecified atom stereocenters. The van der Waals surface area contributed by atoms with Crippen LogP contribution in [0.25, 0.3) is 0 Å². The highest BCUT2D eigenvalue weighted by atomic mass is 32.1. The molecule has 1 amide bonds. The van der Waals surface area contributed by atoms with E-state index in [1.807, 2.05) is 6.07 Å². The second-order valence-electron chi connectivity index (χ2n) is 5.41. The third kappa shape index (κ3) is 3.37. The molecule has 1 heterocycles. The summed E-state index contributed by atoms with van der Waals surface area (Å²) in [5, 5.41) is 12.3. The van der Waals surface area contributed by atoms with Gasteiger partial charge in [0, 0.05) is 18.0 Å². The van der Waals surface area contributed by atoms with Crippen molar-refractivity contribution in [2.45, 2.75) is 39.5 Å². The maximum Gasteiger partial charge on any atom is 0.261 e. The second-order valence-corrected chi connectivity index (χ2v) is 6.55. The Balaban J connectivity index is 1.90. The summed E-state index contributed by atoms with van der Waals surface area (Å²) in [6.07, 6.45) is 4.37. The lowest BCUT2D eigenvalue weighted by Crippen LogP contribution is -2.31. The summed E-state index contributed by atoms with van der Waals surface area (Å²) in [5.41, 5.74) is 1.21. The highest BCUT2D eigenvalue weighted by Gasteiger charge is 2.27. The van der Waals surface area contributed by atoms with Crippen molar-refractivity contribution in [2.24, 2.45) is 11.8 Å². The van der Waals surface area contributed by atoms with Crippen molar-refractivity contribution < 1.29 is 9.90 Å². The van der Waals surface area contributed by atoms with Gasteiger partial charge in [-0.25, -0.2) is 0 Å². The molecule has 3 nitrogen and oxygen atoms in total. The minimum atomic E-state index is 0.0383. The van der Waals surface area contributed by atoms with Gasteiger partial charge < -0.3 is 10.4 Å². The average Bonchev–Trinajstić information content (AvgIpc) is 3.01. The first-order valence-electron chi connectivity index (χ1n) is 7.14. The quantitative estimate of drug-likeness (QED) is 0.872. The number of aliphatic hydroxyl groups excluding tert-OH is 1. The van der Waals surface area contributed by atoms with Gasteiger partial charge in [0.05, 0.1) is 4.88 Å². The van der Waals surface area contributed by atoms with Crippen LogP contribution in [0.3, 0.4) is 0 Å². The number of thiophene rings is 1. The molecule has 0 aliphatic heterocycles. The summed E-state index contributed by atoms with van der Waals surface area (Å²) in [5.74, 6) is 0.855. The number of aryl methyl sites for hydroxylation is 2. The number of aliphatic hydroxyl groups is 1. The second kappa shape index (κ2) is 6.53. The van der Waals surface area contributed by atoms with Crippen LogP contribution in [0.1, 0.15) is 46.3 Å². The molecule has 1 aromatic heterocycles. The fourth-order valence-electron chi connectivity index (χ4n) is 2.92. The Bertz CT molecular complexity index is 441. The van der Waals surface area contributed by atoms with E-state index in [9.17, 15) is 9.90 Å². The zero-order chi connectivity index (χ0) is 13.8. The Kier molecular flexibility index (Phi) is 4.99. The first-order chi connectivity index (χ1) is 9.15. The van der Waals surface area contributed by atoms with Crippen LogP contribution in [0.5, 0.6) is 0 Å². The Morgan fingerprint density at radius 2 is 2.21 bits per heavy atom. The molecule has 1 aliphatic carbocycles. The lowest BCUT2D eigenvalue weighted by Gasteiger charge is -2.17. The molecule has 4 heteroatoms. The molecule has 0 spiro atoms. The van der Waals surface area contributed by atoms with Crippen LogP contribution < -0.4 is 5.32 Å². The predicted molar refractivity (Wildman–Crippen MR) is 78.7 cm³/mol. The smallest absolute Gasteiger partial charge is 0.261 e. The van der Waals surface area contributed by atoms with E-state index in [-0.39, 0.29) is 12.5 Å². The minimum absolute atomic E-state index is 0.0383. The zero-order valence-electron chi connectivity index (χ0n) is 11.7. The highest BCUT2D eigenvalue weighted by molar-refractivity contribution is 7.14. The molecular formula is C15H23NO2S. The molecule has 0 aromatic carbocycles. The number of nitrogens with one attached hydrogen (secondary N) is 1. The van der Waals surface area contributed by atoms with Crippen LogP contribution >= 0.6 is 11.3 Å². The van der Waals surface area contributed by atoms with Crippen LogP contribution in [0, 0.1) is 18.8 Å². The molecule has 2 atom stereocenters. The van der Waals surface area contributed by atoms with Gasteiger partial charge in [0.1, 0.15) is 0 Å². The van der Waals surface area contributed by atoms with Crippen molar-refractivity contribution in [1.29, 1.82) is 0 Å². The number of hydrogen-bond acceptors (Lipinski definition) is 3. The Labute approximate surface area is 119 Å². The van der Waals surface area contributed by atoms with E-state index in [1.165, 1.54) is 16.9 Å². The zero-order valence-corrected chi connectivity index (χ0v) is 12.6. The Morgan fingerprint density at radius 1 is 1.47 bits per heavy atom. The number of carbonyl (C=O) groups excluding carboxylic acids is 1. The van der Waals surface area contributed by atoms with Crippen LogP contribution in [0.15, 0.2) is 6.07 Å². The summed E-state index contributed by atoms with van der Waals surface area (Å²) in [7, 11) is 0. The summed E-state index contributed by atoms with van der Waals surface area (Å²) in [6.45, 7) is 5.12. The molecule has 106 valence electrons. The van der Waals surface area contributed by atoms with Gasteiger partial charge >= 0.3 is 0 Å². The van der Waals surface area contributed by atoms with Crippen LogP contribution in [-0.2, 0) is 6.42 Å². The van der Waals surface area contributed by atoms with Crippen molar-refractivity contribution >= 4 is 17.2 Å². The third-order valence-corrected chi connectivity index (χ3v) is 5.52. The van der Waals surface area contributed by atoms with Gasteiger partial charge in [0.2, 0.25) is 0 Å². The van der Waals surface area contributed by atoms with Crippen molar-refractivity contribution in [3.05, 3.63) is 21.4 Å². The van der Waals surface area contributed by atoms with E-state index < -0.39 is 0 Å². The fourth-order valence-corrected chi connectivity index (χ4v) is 3.95. The van der Waals surface area contributed by atoms with Gasteiger partial charge in [-0.1, -0.05) is 13.3 Å². The van der Waals surface area contributed by atoms with E-state index in [1.54, 1.807) is 11.3 Å². The number of hydrogen-bond donors (Lipinski definition) is 2. The van der Waals surface area contributed by atoms with Crippen molar-refractivity contribution in [1.82, 2.24) is 5.32 Å². The topological polar surface area (TPSA) is 49.3 Å². The molecule has 2 N–H and O–H groups in total. The molecule has 1 aromatic rings. The fraction of sp³-hybridized carbons (Fsp3) is 0.667. The summed E-state index contributed by atoms with van der Waals surface area (Å²) in [6, 6.07) is 1.98. The van der Waals surface area contributed by atoms with Crippen LogP contribution in [-0.4, -0.2) is 24.2 Å². The molecule has 1 fully saturated rings. The van der Waals surface area contributed by atoms with E-state index >= 15 is 0 Å². The standard InChI is InChI=1S/C15H23NO2S/c1-3-13-10(2)7-14(19-13)15(18)16-8-11-5-4-6-12(11)9-17/h7,11-12,17H,3-6,8-9H2,1-2H3,(H,16,18). The normalized spacial score (nSPS) is 22.7. The van der Waals surface area contributed by atoms with E-state index in [4.69, 9.17) is 0 Å². The van der Waals surface area contributed by atoms with Crippen molar-refractivity contribution in [3.63, 3.8) is 0 Å². The van der Waals surface area contributed by atoms with Gasteiger partial charge in [-0.15, -0.1) is 11.3 Å². The van der Waals surface area contributed by atoms with Gasteiger partial charge in [0.15, 0.2) is 0 Å². The molecule has 1 saturated carbocycles. The lowest BCUT2D eigenvalue weighted by molar-refractivity contribution is 0.0942. The monoisotopic (exact) mass is 281 g/mol. The Hall–Kier alpha value is -0.870. The third-order valence-electron chi connectivity index (χ3n) is 4.14. The van der Waals surface area contributed by atoms with Crippen LogP contribution in [0.2, 0.25) is 0 Å². The number of rotatable bonds is 5. The molecular weight excluding hydrogens is 258 g/mol. The molecule has 2 rings (SSSR count). The lowest BCUT2D eigenvalue weighted by atomic mass is 9.97. The maximum absolute atomic E-state index is 12.1. The number of amides is 1. The molecule has 0 bridgehead atoms. The Morgan fingerprint density at radius 3 is 2.84 bits per heavy atom. The largest absolute Gasteiger partial charge is 0.396 e. The van der Waals surface area contributed by atoms with Crippen LogP contribution in [0.4, 0.5) is 0 Å². The summed E-state index contributed by atoms with van der Waals surface area (Å²) >= 11 is 1.60. The van der Waals surface area contributed by atoms with Gasteiger partial charge in [-0.3, -0.25) is 4.79 Å². The average molecular weight is 281 g/mol. The number of carbonyl (C=O) groups is 1. The molecule has 19 heavy (non-hydrogen) atoms. The van der Waals surface area contributed by atoms with E-state index in [0.29, 0.717) is 18.4 Å². The highest BCUT2D eigenvalue weighted by Crippen LogP contribution is 2.30. The predicted octanol–water partition coefficient (Wildman–Crippen LogP) is 2.76. The molecule has 0 radical (unpaired) electrons. The summed E-state index contributed by atoms with van der Waals surface area (Å²) in [4.78, 5) is 14.2. The van der Waals surface area contributed by atoms with E-state index in [2.05, 4.69) is 19.2 Å². The van der Waals surface area contributed by atoms with Gasteiger partial charge in [-0.2, -0.15) is 0 Å². The first-order valence-corrected chi connectivity index (χ1v) is 7.95. The first kappa shape index (κ1) is 14.5.